The number of amides is 3. The number of nitrogens with one attached hydrogen (secondary N) is 2. The standard InChI is InChI=1S/C22H33N3O2/c26-21(25-16-14-18-9-6-7-10-19(18)17-25)13-8-15-23-22(27)24-20-11-4-2-1-3-5-12-20/h6-7,9-10,20H,1-5,8,11-17H2,(H2,23,24,27). The lowest BCUT2D eigenvalue weighted by Gasteiger charge is -2.29. The van der Waals surface area contributed by atoms with Gasteiger partial charge in [-0.1, -0.05) is 56.4 Å². The van der Waals surface area contributed by atoms with Crippen molar-refractivity contribution in [3.8, 4) is 0 Å². The molecule has 2 N–H and O–H groups in total. The molecule has 2 aliphatic rings. The van der Waals surface area contributed by atoms with Gasteiger partial charge in [-0.05, 0) is 36.8 Å². The molecule has 5 nitrogen and oxygen atoms in total. The average Bonchev–Trinajstić information content (AvgIpc) is 2.66. The maximum atomic E-state index is 12.4. The summed E-state index contributed by atoms with van der Waals surface area (Å²) in [4.78, 5) is 26.5. The van der Waals surface area contributed by atoms with Crippen molar-refractivity contribution < 1.29 is 9.59 Å². The molecule has 0 aromatic heterocycles. The van der Waals surface area contributed by atoms with E-state index in [2.05, 4.69) is 28.8 Å². The first kappa shape index (κ1) is 19.7. The lowest BCUT2D eigenvalue weighted by molar-refractivity contribution is -0.132. The minimum Gasteiger partial charge on any atom is -0.338 e. The van der Waals surface area contributed by atoms with Crippen LogP contribution in [0.15, 0.2) is 24.3 Å². The van der Waals surface area contributed by atoms with Crippen molar-refractivity contribution >= 4 is 11.9 Å². The Morgan fingerprint density at radius 2 is 1.70 bits per heavy atom. The van der Waals surface area contributed by atoms with Crippen molar-refractivity contribution in [3.05, 3.63) is 35.4 Å². The van der Waals surface area contributed by atoms with Crippen molar-refractivity contribution in [2.45, 2.75) is 76.8 Å². The maximum Gasteiger partial charge on any atom is 0.315 e. The topological polar surface area (TPSA) is 61.4 Å². The van der Waals surface area contributed by atoms with E-state index in [-0.39, 0.29) is 11.9 Å². The van der Waals surface area contributed by atoms with Crippen LogP contribution in [0.2, 0.25) is 0 Å². The molecular formula is C22H33N3O2. The van der Waals surface area contributed by atoms with Crippen molar-refractivity contribution in [1.82, 2.24) is 15.5 Å². The van der Waals surface area contributed by atoms with E-state index in [0.29, 0.717) is 32.0 Å². The predicted molar refractivity (Wildman–Crippen MR) is 107 cm³/mol. The molecule has 1 heterocycles. The van der Waals surface area contributed by atoms with Crippen LogP contribution in [0, 0.1) is 0 Å². The lowest BCUT2D eigenvalue weighted by Crippen LogP contribution is -2.43. The Balaban J connectivity index is 1.31. The van der Waals surface area contributed by atoms with Gasteiger partial charge in [-0.25, -0.2) is 4.79 Å². The fraction of sp³-hybridized carbons (Fsp3) is 0.636. The molecular weight excluding hydrogens is 338 g/mol. The van der Waals surface area contributed by atoms with Crippen LogP contribution in [-0.4, -0.2) is 36.0 Å². The molecule has 0 atom stereocenters. The number of rotatable bonds is 5. The SMILES string of the molecule is O=C(NCCCC(=O)N1CCc2ccccc2C1)NC1CCCCCCC1. The zero-order valence-electron chi connectivity index (χ0n) is 16.3. The monoisotopic (exact) mass is 371 g/mol. The molecule has 1 aliphatic heterocycles. The van der Waals surface area contributed by atoms with Gasteiger partial charge in [0.25, 0.3) is 0 Å². The van der Waals surface area contributed by atoms with Crippen LogP contribution in [-0.2, 0) is 17.8 Å². The minimum atomic E-state index is -0.0834. The van der Waals surface area contributed by atoms with Gasteiger partial charge in [0, 0.05) is 32.1 Å². The minimum absolute atomic E-state index is 0.0834. The van der Waals surface area contributed by atoms with E-state index in [1.807, 2.05) is 11.0 Å². The molecule has 0 bridgehead atoms. The molecule has 148 valence electrons. The third kappa shape index (κ3) is 6.26. The van der Waals surface area contributed by atoms with E-state index in [0.717, 1.165) is 25.8 Å². The summed E-state index contributed by atoms with van der Waals surface area (Å²) in [6, 6.07) is 8.57. The molecule has 1 fully saturated rings. The Morgan fingerprint density at radius 1 is 1.00 bits per heavy atom. The third-order valence-electron chi connectivity index (χ3n) is 5.78. The fourth-order valence-corrected chi connectivity index (χ4v) is 4.15. The molecule has 3 amide bonds. The van der Waals surface area contributed by atoms with Gasteiger partial charge in [0.15, 0.2) is 0 Å². The van der Waals surface area contributed by atoms with Crippen LogP contribution in [0.4, 0.5) is 4.79 Å². The highest BCUT2D eigenvalue weighted by molar-refractivity contribution is 5.77. The maximum absolute atomic E-state index is 12.4. The van der Waals surface area contributed by atoms with Gasteiger partial charge in [0.1, 0.15) is 0 Å². The number of carbonyl (C=O) groups is 2. The molecule has 0 radical (unpaired) electrons. The highest BCUT2D eigenvalue weighted by atomic mass is 16.2. The van der Waals surface area contributed by atoms with E-state index in [1.54, 1.807) is 0 Å². The summed E-state index contributed by atoms with van der Waals surface area (Å²) >= 11 is 0. The molecule has 3 rings (SSSR count). The first-order valence-electron chi connectivity index (χ1n) is 10.6. The van der Waals surface area contributed by atoms with E-state index in [1.165, 1.54) is 43.2 Å². The van der Waals surface area contributed by atoms with Gasteiger partial charge in [-0.3, -0.25) is 4.79 Å². The van der Waals surface area contributed by atoms with Crippen LogP contribution >= 0.6 is 0 Å². The Morgan fingerprint density at radius 3 is 2.48 bits per heavy atom. The largest absolute Gasteiger partial charge is 0.338 e. The molecule has 0 unspecified atom stereocenters. The molecule has 1 aliphatic carbocycles. The average molecular weight is 372 g/mol. The van der Waals surface area contributed by atoms with Crippen molar-refractivity contribution in [2.75, 3.05) is 13.1 Å². The van der Waals surface area contributed by atoms with Gasteiger partial charge < -0.3 is 15.5 Å². The van der Waals surface area contributed by atoms with Gasteiger partial charge in [-0.15, -0.1) is 0 Å². The summed E-state index contributed by atoms with van der Waals surface area (Å²) < 4.78 is 0. The van der Waals surface area contributed by atoms with Crippen molar-refractivity contribution in [1.29, 1.82) is 0 Å². The highest BCUT2D eigenvalue weighted by Gasteiger charge is 2.20. The quantitative estimate of drug-likeness (QED) is 0.774. The number of benzene rings is 1. The van der Waals surface area contributed by atoms with Crippen LogP contribution in [0.5, 0.6) is 0 Å². The normalized spacial score (nSPS) is 18.1. The third-order valence-corrected chi connectivity index (χ3v) is 5.78. The fourth-order valence-electron chi connectivity index (χ4n) is 4.15. The highest BCUT2D eigenvalue weighted by Crippen LogP contribution is 2.19. The lowest BCUT2D eigenvalue weighted by atomic mass is 9.97. The Labute approximate surface area is 162 Å². The summed E-state index contributed by atoms with van der Waals surface area (Å²) in [5, 5.41) is 6.02. The second-order valence-corrected chi connectivity index (χ2v) is 7.88. The second kappa shape index (κ2) is 10.3. The zero-order chi connectivity index (χ0) is 18.9. The summed E-state index contributed by atoms with van der Waals surface area (Å²) in [6.45, 7) is 2.06. The van der Waals surface area contributed by atoms with E-state index < -0.39 is 0 Å². The van der Waals surface area contributed by atoms with Crippen LogP contribution in [0.25, 0.3) is 0 Å². The Kier molecular flexibility index (Phi) is 7.55. The molecule has 5 heteroatoms. The predicted octanol–water partition coefficient (Wildman–Crippen LogP) is 3.76. The Hall–Kier alpha value is -2.04. The van der Waals surface area contributed by atoms with Gasteiger partial charge in [0.2, 0.25) is 5.91 Å². The Bertz CT molecular complexity index is 624. The molecule has 27 heavy (non-hydrogen) atoms. The number of fused-ring (bicyclic) bond motifs is 1. The summed E-state index contributed by atoms with van der Waals surface area (Å²) in [5.41, 5.74) is 2.61. The first-order valence-corrected chi connectivity index (χ1v) is 10.6. The van der Waals surface area contributed by atoms with E-state index >= 15 is 0 Å². The van der Waals surface area contributed by atoms with Gasteiger partial charge in [-0.2, -0.15) is 0 Å². The molecule has 1 saturated carbocycles. The molecule has 0 saturated heterocycles. The molecule has 1 aromatic carbocycles. The number of hydrogen-bond acceptors (Lipinski definition) is 2. The number of urea groups is 1. The zero-order valence-corrected chi connectivity index (χ0v) is 16.3. The van der Waals surface area contributed by atoms with Crippen molar-refractivity contribution in [2.24, 2.45) is 0 Å². The number of nitrogens with zero attached hydrogens (tertiary/aromatic N) is 1. The first-order chi connectivity index (χ1) is 13.2. The van der Waals surface area contributed by atoms with E-state index in [4.69, 9.17) is 0 Å². The van der Waals surface area contributed by atoms with Crippen LogP contribution in [0.1, 0.15) is 68.9 Å². The second-order valence-electron chi connectivity index (χ2n) is 7.88. The smallest absolute Gasteiger partial charge is 0.315 e. The van der Waals surface area contributed by atoms with Gasteiger partial charge >= 0.3 is 6.03 Å². The molecule has 1 aromatic rings. The number of carbonyl (C=O) groups excluding carboxylic acids is 2. The van der Waals surface area contributed by atoms with Gasteiger partial charge in [0.05, 0.1) is 0 Å². The van der Waals surface area contributed by atoms with Crippen molar-refractivity contribution in [3.63, 3.8) is 0 Å². The van der Waals surface area contributed by atoms with Crippen LogP contribution in [0.3, 0.4) is 0 Å². The number of hydrogen-bond donors (Lipinski definition) is 2. The summed E-state index contributed by atoms with van der Waals surface area (Å²) in [7, 11) is 0. The van der Waals surface area contributed by atoms with E-state index in [9.17, 15) is 9.59 Å². The molecule has 0 spiro atoms. The summed E-state index contributed by atoms with van der Waals surface area (Å²) in [5.74, 6) is 0.187. The van der Waals surface area contributed by atoms with Crippen LogP contribution < -0.4 is 10.6 Å². The summed E-state index contributed by atoms with van der Waals surface area (Å²) in [6.07, 6.45) is 10.6.